The van der Waals surface area contributed by atoms with Crippen LogP contribution < -0.4 is 0 Å². The van der Waals surface area contributed by atoms with Gasteiger partial charge in [0.25, 0.3) is 5.70 Å². The molecule has 1 aliphatic carbocycles. The smallest absolute Gasteiger partial charge is 0.258 e. The maximum atomic E-state index is 11.2. The highest BCUT2D eigenvalue weighted by Crippen LogP contribution is 2.31. The van der Waals surface area contributed by atoms with Crippen LogP contribution in [-0.4, -0.2) is 4.92 Å². The first-order chi connectivity index (χ1) is 8.66. The van der Waals surface area contributed by atoms with Crippen molar-refractivity contribution in [3.05, 3.63) is 52.1 Å². The summed E-state index contributed by atoms with van der Waals surface area (Å²) in [6.07, 6.45) is 6.37. The lowest BCUT2D eigenvalue weighted by Gasteiger charge is -2.23. The Labute approximate surface area is 108 Å². The first-order valence-electron chi connectivity index (χ1n) is 6.58. The van der Waals surface area contributed by atoms with Crippen molar-refractivity contribution >= 4 is 5.70 Å². The molecule has 0 unspecified atom stereocenters. The molecule has 3 heteroatoms. The number of hydrogen-bond donors (Lipinski definition) is 0. The van der Waals surface area contributed by atoms with Gasteiger partial charge in [0.1, 0.15) is 0 Å². The number of nitrogens with zero attached hydrogens (tertiary/aromatic N) is 1. The fourth-order valence-corrected chi connectivity index (χ4v) is 2.55. The lowest BCUT2D eigenvalue weighted by atomic mass is 9.82. The van der Waals surface area contributed by atoms with E-state index in [1.807, 2.05) is 24.3 Å². The zero-order valence-electron chi connectivity index (χ0n) is 10.7. The second kappa shape index (κ2) is 5.80. The molecular formula is C15H19NO2. The summed E-state index contributed by atoms with van der Waals surface area (Å²) in [4.78, 5) is 10.9. The van der Waals surface area contributed by atoms with Gasteiger partial charge in [-0.15, -0.1) is 0 Å². The second-order valence-electron chi connectivity index (χ2n) is 5.19. The summed E-state index contributed by atoms with van der Waals surface area (Å²) in [6.45, 7) is 2.26. The minimum Gasteiger partial charge on any atom is -0.258 e. The summed E-state index contributed by atoms with van der Waals surface area (Å²) in [5, 5.41) is 11.2. The van der Waals surface area contributed by atoms with Crippen LogP contribution in [0, 0.1) is 22.0 Å². The molecule has 3 nitrogen and oxygen atoms in total. The Morgan fingerprint density at radius 3 is 2.39 bits per heavy atom. The van der Waals surface area contributed by atoms with Crippen LogP contribution in [0.5, 0.6) is 0 Å². The van der Waals surface area contributed by atoms with E-state index in [1.54, 1.807) is 12.1 Å². The third-order valence-electron chi connectivity index (χ3n) is 3.72. The average Bonchev–Trinajstić information content (AvgIpc) is 2.38. The molecule has 0 heterocycles. The van der Waals surface area contributed by atoms with Gasteiger partial charge in [-0.2, -0.15) is 0 Å². The first kappa shape index (κ1) is 12.8. The lowest BCUT2D eigenvalue weighted by Crippen LogP contribution is -2.12. The van der Waals surface area contributed by atoms with E-state index >= 15 is 0 Å². The molecule has 1 aromatic rings. The molecule has 1 saturated carbocycles. The molecule has 0 N–H and O–H groups in total. The zero-order valence-corrected chi connectivity index (χ0v) is 10.7. The van der Waals surface area contributed by atoms with Gasteiger partial charge in [-0.05, 0) is 42.9 Å². The predicted octanol–water partition coefficient (Wildman–Crippen LogP) is 4.13. The SMILES string of the molecule is CC1CCC(C=C(c2ccccc2)[N+](=O)[O-])CC1. The molecular weight excluding hydrogens is 226 g/mol. The van der Waals surface area contributed by atoms with Gasteiger partial charge >= 0.3 is 0 Å². The van der Waals surface area contributed by atoms with E-state index in [-0.39, 0.29) is 10.6 Å². The van der Waals surface area contributed by atoms with Crippen LogP contribution in [0.2, 0.25) is 0 Å². The van der Waals surface area contributed by atoms with Crippen molar-refractivity contribution in [3.8, 4) is 0 Å². The van der Waals surface area contributed by atoms with Crippen molar-refractivity contribution in [1.82, 2.24) is 0 Å². The molecule has 1 fully saturated rings. The Morgan fingerprint density at radius 1 is 1.22 bits per heavy atom. The van der Waals surface area contributed by atoms with E-state index < -0.39 is 0 Å². The predicted molar refractivity (Wildman–Crippen MR) is 72.5 cm³/mol. The van der Waals surface area contributed by atoms with E-state index in [0.29, 0.717) is 11.5 Å². The van der Waals surface area contributed by atoms with Gasteiger partial charge in [0.05, 0.1) is 10.5 Å². The van der Waals surface area contributed by atoms with E-state index in [2.05, 4.69) is 6.92 Å². The van der Waals surface area contributed by atoms with E-state index in [1.165, 1.54) is 12.8 Å². The monoisotopic (exact) mass is 245 g/mol. The molecule has 2 rings (SSSR count). The molecule has 0 aliphatic heterocycles. The van der Waals surface area contributed by atoms with E-state index in [0.717, 1.165) is 18.8 Å². The molecule has 18 heavy (non-hydrogen) atoms. The third-order valence-corrected chi connectivity index (χ3v) is 3.72. The fourth-order valence-electron chi connectivity index (χ4n) is 2.55. The van der Waals surface area contributed by atoms with Crippen LogP contribution in [0.1, 0.15) is 38.2 Å². The van der Waals surface area contributed by atoms with Crippen molar-refractivity contribution in [2.75, 3.05) is 0 Å². The summed E-state index contributed by atoms with van der Waals surface area (Å²) in [5.41, 5.74) is 0.969. The molecule has 0 radical (unpaired) electrons. The largest absolute Gasteiger partial charge is 0.272 e. The molecule has 1 aliphatic rings. The van der Waals surface area contributed by atoms with Gasteiger partial charge in [-0.1, -0.05) is 38.0 Å². The van der Waals surface area contributed by atoms with Crippen molar-refractivity contribution in [2.45, 2.75) is 32.6 Å². The quantitative estimate of drug-likeness (QED) is 0.593. The minimum atomic E-state index is -0.257. The highest BCUT2D eigenvalue weighted by atomic mass is 16.6. The Balaban J connectivity index is 2.18. The summed E-state index contributed by atoms with van der Waals surface area (Å²) in [7, 11) is 0. The highest BCUT2D eigenvalue weighted by Gasteiger charge is 2.21. The van der Waals surface area contributed by atoms with Crippen molar-refractivity contribution < 1.29 is 4.92 Å². The molecule has 0 amide bonds. The Kier molecular flexibility index (Phi) is 4.13. The molecule has 0 saturated heterocycles. The average molecular weight is 245 g/mol. The number of rotatable bonds is 3. The molecule has 0 atom stereocenters. The molecule has 96 valence electrons. The molecule has 0 spiro atoms. The summed E-state index contributed by atoms with van der Waals surface area (Å²) in [6, 6.07) is 9.18. The van der Waals surface area contributed by atoms with Crippen molar-refractivity contribution in [1.29, 1.82) is 0 Å². The van der Waals surface area contributed by atoms with Gasteiger partial charge in [0.2, 0.25) is 0 Å². The topological polar surface area (TPSA) is 43.1 Å². The number of benzene rings is 1. The number of nitro groups is 1. The first-order valence-corrected chi connectivity index (χ1v) is 6.58. The number of allylic oxidation sites excluding steroid dienone is 1. The maximum Gasteiger partial charge on any atom is 0.272 e. The van der Waals surface area contributed by atoms with Crippen molar-refractivity contribution in [2.24, 2.45) is 11.8 Å². The Morgan fingerprint density at radius 2 is 1.83 bits per heavy atom. The minimum absolute atomic E-state index is 0.257. The van der Waals surface area contributed by atoms with Crippen LogP contribution in [0.4, 0.5) is 0 Å². The zero-order chi connectivity index (χ0) is 13.0. The van der Waals surface area contributed by atoms with Gasteiger partial charge in [-0.25, -0.2) is 0 Å². The molecule has 1 aromatic carbocycles. The summed E-state index contributed by atoms with van der Waals surface area (Å²) < 4.78 is 0. The standard InChI is InChI=1S/C15H19NO2/c1-12-7-9-13(10-8-12)11-15(16(17)18)14-5-3-2-4-6-14/h2-6,11-13H,7-10H2,1H3. The maximum absolute atomic E-state index is 11.2. The van der Waals surface area contributed by atoms with Gasteiger partial charge < -0.3 is 0 Å². The Bertz CT molecular complexity index is 431. The van der Waals surface area contributed by atoms with Crippen LogP contribution >= 0.6 is 0 Å². The van der Waals surface area contributed by atoms with E-state index in [4.69, 9.17) is 0 Å². The molecule has 0 aromatic heterocycles. The highest BCUT2D eigenvalue weighted by molar-refractivity contribution is 5.58. The van der Waals surface area contributed by atoms with Gasteiger partial charge in [-0.3, -0.25) is 10.1 Å². The fraction of sp³-hybridized carbons (Fsp3) is 0.467. The normalized spacial score (nSPS) is 24.8. The van der Waals surface area contributed by atoms with Crippen molar-refractivity contribution in [3.63, 3.8) is 0 Å². The molecule has 0 bridgehead atoms. The third kappa shape index (κ3) is 3.19. The summed E-state index contributed by atoms with van der Waals surface area (Å²) in [5.74, 6) is 1.13. The van der Waals surface area contributed by atoms with E-state index in [9.17, 15) is 10.1 Å². The van der Waals surface area contributed by atoms with Crippen LogP contribution in [-0.2, 0) is 0 Å². The lowest BCUT2D eigenvalue weighted by molar-refractivity contribution is -0.375. The van der Waals surface area contributed by atoms with Gasteiger partial charge in [0, 0.05) is 0 Å². The second-order valence-corrected chi connectivity index (χ2v) is 5.19. The van der Waals surface area contributed by atoms with Crippen LogP contribution in [0.25, 0.3) is 5.70 Å². The number of hydrogen-bond acceptors (Lipinski definition) is 2. The summed E-state index contributed by atoms with van der Waals surface area (Å²) >= 11 is 0. The Hall–Kier alpha value is -1.64. The van der Waals surface area contributed by atoms with Crippen LogP contribution in [0.3, 0.4) is 0 Å². The van der Waals surface area contributed by atoms with Gasteiger partial charge in [0.15, 0.2) is 0 Å². The van der Waals surface area contributed by atoms with Crippen LogP contribution in [0.15, 0.2) is 36.4 Å².